The molecule has 0 aromatic heterocycles. The number of ether oxygens (including phenoxy) is 1. The Bertz CT molecular complexity index is 186. The van der Waals surface area contributed by atoms with Crippen LogP contribution in [0.3, 0.4) is 0 Å². The van der Waals surface area contributed by atoms with E-state index in [1.165, 1.54) is 51.7 Å². The van der Waals surface area contributed by atoms with E-state index in [2.05, 4.69) is 10.6 Å². The summed E-state index contributed by atoms with van der Waals surface area (Å²) in [5.41, 5.74) is 0.598. The minimum Gasteiger partial charge on any atom is -0.385 e. The molecule has 0 atom stereocenters. The fraction of sp³-hybridized carbons (Fsp3) is 1.00. The topological polar surface area (TPSA) is 33.3 Å². The maximum absolute atomic E-state index is 5.17. The molecule has 1 saturated heterocycles. The zero-order valence-electron chi connectivity index (χ0n) is 9.85. The molecule has 15 heavy (non-hydrogen) atoms. The molecule has 0 bridgehead atoms. The Morgan fingerprint density at radius 1 is 1.33 bits per heavy atom. The minimum absolute atomic E-state index is 0.598. The van der Waals surface area contributed by atoms with Gasteiger partial charge in [-0.1, -0.05) is 0 Å². The van der Waals surface area contributed by atoms with Gasteiger partial charge in [0.2, 0.25) is 0 Å². The zero-order chi connectivity index (χ0) is 10.6. The first kappa shape index (κ1) is 11.4. The van der Waals surface area contributed by atoms with E-state index in [9.17, 15) is 0 Å². The lowest BCUT2D eigenvalue weighted by Crippen LogP contribution is -2.42. The summed E-state index contributed by atoms with van der Waals surface area (Å²) in [6.45, 7) is 4.50. The largest absolute Gasteiger partial charge is 0.385 e. The lowest BCUT2D eigenvalue weighted by molar-refractivity contribution is 0.169. The lowest BCUT2D eigenvalue weighted by atomic mass is 10.0. The van der Waals surface area contributed by atoms with E-state index in [1.807, 2.05) is 0 Å². The van der Waals surface area contributed by atoms with Crippen LogP contribution in [0, 0.1) is 5.41 Å². The van der Waals surface area contributed by atoms with Gasteiger partial charge in [-0.3, -0.25) is 0 Å². The van der Waals surface area contributed by atoms with E-state index in [4.69, 9.17) is 4.74 Å². The summed E-state index contributed by atoms with van der Waals surface area (Å²) in [7, 11) is 1.80. The maximum Gasteiger partial charge on any atom is 0.0468 e. The van der Waals surface area contributed by atoms with Crippen molar-refractivity contribution in [1.82, 2.24) is 10.6 Å². The van der Waals surface area contributed by atoms with Crippen molar-refractivity contribution in [2.45, 2.75) is 38.1 Å². The number of methoxy groups -OCH3 is 1. The van der Waals surface area contributed by atoms with Crippen LogP contribution in [-0.2, 0) is 4.74 Å². The third-order valence-corrected chi connectivity index (χ3v) is 3.90. The molecule has 0 amide bonds. The van der Waals surface area contributed by atoms with Crippen molar-refractivity contribution < 1.29 is 4.74 Å². The molecule has 88 valence electrons. The molecule has 2 fully saturated rings. The van der Waals surface area contributed by atoms with E-state index < -0.39 is 0 Å². The molecule has 0 radical (unpaired) electrons. The summed E-state index contributed by atoms with van der Waals surface area (Å²) >= 11 is 0. The summed E-state index contributed by atoms with van der Waals surface area (Å²) in [6, 6.07) is 0.756. The second-order valence-electron chi connectivity index (χ2n) is 5.15. The average molecular weight is 212 g/mol. The minimum atomic E-state index is 0.598. The van der Waals surface area contributed by atoms with Crippen molar-refractivity contribution in [3.05, 3.63) is 0 Å². The first-order valence-corrected chi connectivity index (χ1v) is 6.28. The summed E-state index contributed by atoms with van der Waals surface area (Å²) < 4.78 is 5.17. The van der Waals surface area contributed by atoms with Gasteiger partial charge in [0.1, 0.15) is 0 Å². The van der Waals surface area contributed by atoms with Crippen molar-refractivity contribution in [3.8, 4) is 0 Å². The van der Waals surface area contributed by atoms with Crippen LogP contribution in [0.2, 0.25) is 0 Å². The third-order valence-electron chi connectivity index (χ3n) is 3.90. The molecule has 0 aromatic carbocycles. The highest BCUT2D eigenvalue weighted by Gasteiger charge is 2.41. The molecule has 1 heterocycles. The lowest BCUT2D eigenvalue weighted by Gasteiger charge is -2.26. The van der Waals surface area contributed by atoms with E-state index in [-0.39, 0.29) is 0 Å². The van der Waals surface area contributed by atoms with E-state index in [0.29, 0.717) is 5.41 Å². The van der Waals surface area contributed by atoms with Gasteiger partial charge >= 0.3 is 0 Å². The first-order valence-electron chi connectivity index (χ1n) is 6.28. The Morgan fingerprint density at radius 2 is 2.07 bits per heavy atom. The van der Waals surface area contributed by atoms with Gasteiger partial charge in [-0.15, -0.1) is 0 Å². The predicted molar refractivity (Wildman–Crippen MR) is 62.1 cm³/mol. The normalized spacial score (nSPS) is 25.4. The van der Waals surface area contributed by atoms with Crippen LogP contribution in [0.15, 0.2) is 0 Å². The number of hydrogen-bond acceptors (Lipinski definition) is 3. The quantitative estimate of drug-likeness (QED) is 0.693. The molecule has 2 aliphatic rings. The molecule has 1 aliphatic heterocycles. The number of hydrogen-bond donors (Lipinski definition) is 2. The van der Waals surface area contributed by atoms with Gasteiger partial charge in [-0.2, -0.15) is 0 Å². The van der Waals surface area contributed by atoms with Crippen LogP contribution >= 0.6 is 0 Å². The summed E-state index contributed by atoms with van der Waals surface area (Å²) in [4.78, 5) is 0. The molecular formula is C12H24N2O. The van der Waals surface area contributed by atoms with Gasteiger partial charge in [0.05, 0.1) is 0 Å². The third kappa shape index (κ3) is 3.44. The van der Waals surface area contributed by atoms with Gasteiger partial charge in [0.15, 0.2) is 0 Å². The summed E-state index contributed by atoms with van der Waals surface area (Å²) in [6.07, 6.45) is 6.62. The molecular weight excluding hydrogens is 188 g/mol. The van der Waals surface area contributed by atoms with E-state index in [1.54, 1.807) is 7.11 Å². The Kier molecular flexibility index (Phi) is 4.00. The van der Waals surface area contributed by atoms with Gasteiger partial charge in [0.25, 0.3) is 0 Å². The summed E-state index contributed by atoms with van der Waals surface area (Å²) in [5, 5.41) is 7.14. The molecule has 1 saturated carbocycles. The first-order chi connectivity index (χ1) is 7.35. The van der Waals surface area contributed by atoms with Crippen LogP contribution in [0.5, 0.6) is 0 Å². The molecule has 1 aliphatic carbocycles. The molecule has 3 heteroatoms. The van der Waals surface area contributed by atoms with E-state index >= 15 is 0 Å². The predicted octanol–water partition coefficient (Wildman–Crippen LogP) is 1.14. The van der Waals surface area contributed by atoms with Crippen molar-refractivity contribution in [2.24, 2.45) is 5.41 Å². The Labute approximate surface area is 93.0 Å². The highest BCUT2D eigenvalue weighted by Crippen LogP contribution is 2.48. The highest BCUT2D eigenvalue weighted by atomic mass is 16.5. The van der Waals surface area contributed by atoms with Crippen molar-refractivity contribution >= 4 is 0 Å². The Balaban J connectivity index is 1.63. The number of rotatable bonds is 6. The standard InChI is InChI=1S/C12H24N2O/c1-15-9-6-12(4-5-12)10-14-11-2-7-13-8-3-11/h11,13-14H,2-10H2,1H3. The molecule has 2 N–H and O–H groups in total. The van der Waals surface area contributed by atoms with Gasteiger partial charge in [-0.05, 0) is 50.6 Å². The van der Waals surface area contributed by atoms with Crippen LogP contribution in [0.1, 0.15) is 32.1 Å². The summed E-state index contributed by atoms with van der Waals surface area (Å²) in [5.74, 6) is 0. The van der Waals surface area contributed by atoms with Crippen molar-refractivity contribution in [1.29, 1.82) is 0 Å². The molecule has 3 nitrogen and oxygen atoms in total. The molecule has 0 aromatic rings. The smallest absolute Gasteiger partial charge is 0.0468 e. The zero-order valence-corrected chi connectivity index (χ0v) is 9.85. The highest BCUT2D eigenvalue weighted by molar-refractivity contribution is 4.95. The van der Waals surface area contributed by atoms with Crippen LogP contribution in [-0.4, -0.2) is 39.4 Å². The monoisotopic (exact) mass is 212 g/mol. The number of nitrogens with one attached hydrogen (secondary N) is 2. The molecule has 0 unspecified atom stereocenters. The Morgan fingerprint density at radius 3 is 2.67 bits per heavy atom. The van der Waals surface area contributed by atoms with Crippen molar-refractivity contribution in [2.75, 3.05) is 33.4 Å². The molecule has 0 spiro atoms. The SMILES string of the molecule is COCCC1(CNC2CCNCC2)CC1. The maximum atomic E-state index is 5.17. The van der Waals surface area contributed by atoms with Crippen LogP contribution in [0.25, 0.3) is 0 Å². The van der Waals surface area contributed by atoms with Gasteiger partial charge < -0.3 is 15.4 Å². The van der Waals surface area contributed by atoms with Gasteiger partial charge in [-0.25, -0.2) is 0 Å². The van der Waals surface area contributed by atoms with Crippen LogP contribution in [0.4, 0.5) is 0 Å². The van der Waals surface area contributed by atoms with Crippen LogP contribution < -0.4 is 10.6 Å². The fourth-order valence-corrected chi connectivity index (χ4v) is 2.40. The molecule has 2 rings (SSSR count). The second-order valence-corrected chi connectivity index (χ2v) is 5.15. The van der Waals surface area contributed by atoms with Gasteiger partial charge in [0, 0.05) is 26.3 Å². The number of piperidine rings is 1. The van der Waals surface area contributed by atoms with E-state index in [0.717, 1.165) is 12.6 Å². The van der Waals surface area contributed by atoms with Crippen molar-refractivity contribution in [3.63, 3.8) is 0 Å². The second kappa shape index (κ2) is 5.28. The average Bonchev–Trinajstić information content (AvgIpc) is 3.06. The fourth-order valence-electron chi connectivity index (χ4n) is 2.40. The Hall–Kier alpha value is -0.120.